The summed E-state index contributed by atoms with van der Waals surface area (Å²) in [6.07, 6.45) is -2.48. The number of nitrogens with one attached hydrogen (secondary N) is 4. The van der Waals surface area contributed by atoms with E-state index < -0.39 is 96.4 Å². The van der Waals surface area contributed by atoms with Gasteiger partial charge in [0.25, 0.3) is 0 Å². The molecule has 0 spiro atoms. The van der Waals surface area contributed by atoms with Crippen LogP contribution >= 0.6 is 0 Å². The smallest absolute Gasteiger partial charge is 0.249 e. The Morgan fingerprint density at radius 3 is 0.712 bits per heavy atom. The van der Waals surface area contributed by atoms with Crippen molar-refractivity contribution in [3.05, 3.63) is 0 Å². The second-order valence-electron chi connectivity index (χ2n) is 15.9. The molecule has 288 valence electrons. The first kappa shape index (κ1) is 39.0. The van der Waals surface area contributed by atoms with E-state index in [2.05, 4.69) is 41.2 Å². The van der Waals surface area contributed by atoms with E-state index in [1.165, 1.54) is 0 Å². The van der Waals surface area contributed by atoms with Crippen LogP contribution in [-0.4, -0.2) is 120 Å². The van der Waals surface area contributed by atoms with E-state index in [0.29, 0.717) is 0 Å². The van der Waals surface area contributed by atoms with E-state index in [1.807, 2.05) is 55.4 Å². The molecule has 0 aromatic carbocycles. The molecule has 0 aromatic rings. The van der Waals surface area contributed by atoms with Gasteiger partial charge in [0.15, 0.2) is 24.2 Å². The molecule has 0 saturated heterocycles. The molecule has 4 N–H and O–H groups in total. The Labute approximate surface area is 305 Å². The van der Waals surface area contributed by atoms with Gasteiger partial charge in [0.2, 0.25) is 47.2 Å². The highest BCUT2D eigenvalue weighted by Gasteiger charge is 2.46. The summed E-state index contributed by atoms with van der Waals surface area (Å²) in [6, 6.07) is -6.23. The number of nitrogens with zero attached hydrogens (tertiary/aromatic N) is 4. The lowest BCUT2D eigenvalue weighted by Crippen LogP contribution is -2.50. The molecular formula is C36H56N8O8. The van der Waals surface area contributed by atoms with E-state index in [0.717, 1.165) is 0 Å². The van der Waals surface area contributed by atoms with Gasteiger partial charge in [-0.1, -0.05) is 55.4 Å². The fourth-order valence-electron chi connectivity index (χ4n) is 6.82. The Morgan fingerprint density at radius 1 is 0.385 bits per heavy atom. The summed E-state index contributed by atoms with van der Waals surface area (Å²) in [7, 11) is 0. The van der Waals surface area contributed by atoms with Gasteiger partial charge in [-0.2, -0.15) is 0 Å². The summed E-state index contributed by atoms with van der Waals surface area (Å²) in [5.41, 5.74) is 0. The predicted octanol–water partition coefficient (Wildman–Crippen LogP) is 1.31. The molecule has 0 radical (unpaired) electrons. The molecule has 5 heterocycles. The summed E-state index contributed by atoms with van der Waals surface area (Å²) in [5, 5.41) is 12.1. The minimum Gasteiger partial charge on any atom is -0.474 e. The van der Waals surface area contributed by atoms with Crippen LogP contribution < -0.4 is 21.3 Å². The number of hydrogen-bond donors (Lipinski definition) is 4. The summed E-state index contributed by atoms with van der Waals surface area (Å²) in [6.45, 7) is 22.3. The molecule has 4 amide bonds. The van der Waals surface area contributed by atoms with Crippen molar-refractivity contribution in [1.29, 1.82) is 0 Å². The summed E-state index contributed by atoms with van der Waals surface area (Å²) < 4.78 is 24.4. The molecule has 0 unspecified atom stereocenters. The van der Waals surface area contributed by atoms with Gasteiger partial charge < -0.3 is 40.2 Å². The van der Waals surface area contributed by atoms with Gasteiger partial charge in [-0.3, -0.25) is 19.2 Å². The van der Waals surface area contributed by atoms with Crippen molar-refractivity contribution in [2.75, 3.05) is 0 Å². The Bertz CT molecular complexity index is 1320. The number of amides is 4. The molecule has 12 atom stereocenters. The average Bonchev–Trinajstić information content (AvgIpc) is 3.83. The first-order chi connectivity index (χ1) is 24.4. The fraction of sp³-hybridized carbons (Fsp3) is 0.778. The van der Waals surface area contributed by atoms with Crippen LogP contribution in [0.2, 0.25) is 0 Å². The lowest BCUT2D eigenvalue weighted by molar-refractivity contribution is -0.125. The predicted molar refractivity (Wildman–Crippen MR) is 194 cm³/mol. The van der Waals surface area contributed by atoms with E-state index in [9.17, 15) is 19.2 Å². The Balaban J connectivity index is 1.53. The monoisotopic (exact) mass is 728 g/mol. The maximum Gasteiger partial charge on any atom is 0.249 e. The number of ether oxygens (including phenoxy) is 4. The third-order valence-corrected chi connectivity index (χ3v) is 10.1. The van der Waals surface area contributed by atoms with E-state index >= 15 is 0 Å². The van der Waals surface area contributed by atoms with Crippen molar-refractivity contribution in [2.45, 2.75) is 156 Å². The van der Waals surface area contributed by atoms with Crippen molar-refractivity contribution in [3.8, 4) is 0 Å². The molecule has 0 aromatic heterocycles. The summed E-state index contributed by atoms with van der Waals surface area (Å²) in [5.74, 6) is -1.23. The first-order valence-corrected chi connectivity index (χ1v) is 18.6. The zero-order chi connectivity index (χ0) is 38.3. The highest BCUT2D eigenvalue weighted by Crippen LogP contribution is 2.26. The minimum atomic E-state index is -0.905. The van der Waals surface area contributed by atoms with Crippen LogP contribution in [0.15, 0.2) is 20.0 Å². The molecule has 0 saturated carbocycles. The van der Waals surface area contributed by atoms with Crippen LogP contribution in [0.1, 0.15) is 83.1 Å². The van der Waals surface area contributed by atoms with Crippen molar-refractivity contribution in [2.24, 2.45) is 43.6 Å². The minimum absolute atomic E-state index is 0.148. The maximum atomic E-state index is 13.8. The molecular weight excluding hydrogens is 672 g/mol. The largest absolute Gasteiger partial charge is 0.474 e. The number of hydrogen-bond acceptors (Lipinski definition) is 12. The van der Waals surface area contributed by atoms with E-state index in [1.54, 1.807) is 27.7 Å². The highest BCUT2D eigenvalue weighted by atomic mass is 16.5. The lowest BCUT2D eigenvalue weighted by Gasteiger charge is -2.25. The van der Waals surface area contributed by atoms with Crippen LogP contribution in [0, 0.1) is 23.7 Å². The third kappa shape index (κ3) is 7.89. The maximum absolute atomic E-state index is 13.8. The zero-order valence-electron chi connectivity index (χ0n) is 32.3. The number of aliphatic imine (C=N–C) groups is 4. The molecule has 5 aliphatic rings. The molecule has 0 fully saturated rings. The quantitative estimate of drug-likeness (QED) is 0.332. The molecule has 52 heavy (non-hydrogen) atoms. The molecule has 16 heteroatoms. The molecule has 16 nitrogen and oxygen atoms in total. The number of carbonyl (C=O) groups excluding carboxylic acids is 4. The van der Waals surface area contributed by atoms with Crippen LogP contribution in [0.5, 0.6) is 0 Å². The topological polar surface area (TPSA) is 203 Å². The van der Waals surface area contributed by atoms with Gasteiger partial charge in [-0.05, 0) is 51.4 Å². The number of rotatable bonds is 4. The second-order valence-corrected chi connectivity index (χ2v) is 15.9. The van der Waals surface area contributed by atoms with E-state index in [4.69, 9.17) is 18.9 Å². The molecule has 5 aliphatic heterocycles. The van der Waals surface area contributed by atoms with Gasteiger partial charge in [-0.25, -0.2) is 20.0 Å². The van der Waals surface area contributed by atoms with Crippen LogP contribution in [0.25, 0.3) is 0 Å². The van der Waals surface area contributed by atoms with Crippen molar-refractivity contribution < 1.29 is 38.1 Å². The van der Waals surface area contributed by atoms with Crippen molar-refractivity contribution >= 4 is 47.2 Å². The van der Waals surface area contributed by atoms with Crippen molar-refractivity contribution in [1.82, 2.24) is 21.3 Å². The molecule has 8 bridgehead atoms. The Hall–Kier alpha value is -4.24. The SMILES string of the molecule is CC(C)[C@@H]1NC(=O)[C@@H]2N=C(O[C@H]2C)[C@H](C(C)C)NC(=O)[C@@H]2N=C(O[C@H]2C)[C@H](C(C)C)NC(=O)[C@@H]2N=C(O[C@H]2C)[C@H](C(C)C)NC(=O)[C@@H]2N=C1O[C@H]2C. The van der Waals surface area contributed by atoms with Crippen LogP contribution in [-0.2, 0) is 38.1 Å². The second kappa shape index (κ2) is 15.4. The summed E-state index contributed by atoms with van der Waals surface area (Å²) >= 11 is 0. The third-order valence-electron chi connectivity index (χ3n) is 10.1. The Kier molecular flexibility index (Phi) is 11.5. The van der Waals surface area contributed by atoms with Gasteiger partial charge >= 0.3 is 0 Å². The molecule has 5 rings (SSSR count). The van der Waals surface area contributed by atoms with Gasteiger partial charge in [0.1, 0.15) is 48.6 Å². The van der Waals surface area contributed by atoms with Crippen molar-refractivity contribution in [3.63, 3.8) is 0 Å². The number of carbonyl (C=O) groups is 4. The van der Waals surface area contributed by atoms with E-state index in [-0.39, 0.29) is 47.3 Å². The van der Waals surface area contributed by atoms with Gasteiger partial charge in [0.05, 0.1) is 0 Å². The van der Waals surface area contributed by atoms with Crippen LogP contribution in [0.4, 0.5) is 0 Å². The zero-order valence-corrected chi connectivity index (χ0v) is 32.3. The first-order valence-electron chi connectivity index (χ1n) is 18.6. The lowest BCUT2D eigenvalue weighted by atomic mass is 10.0. The normalized spacial score (nSPS) is 37.1. The number of fused-ring (bicyclic) bond motifs is 4. The van der Waals surface area contributed by atoms with Gasteiger partial charge in [0, 0.05) is 0 Å². The average molecular weight is 729 g/mol. The summed E-state index contributed by atoms with van der Waals surface area (Å²) in [4.78, 5) is 73.7. The highest BCUT2D eigenvalue weighted by molar-refractivity contribution is 6.00. The Morgan fingerprint density at radius 2 is 0.558 bits per heavy atom. The molecule has 0 aliphatic carbocycles. The standard InChI is InChI=1S/C36H56N8O8/c1-13(2)21-33-41-26(17(9)49-33)30(46)38-23(15(5)6)35-43-28(19(11)51-35)32(48)40-24(16(7)8)36-44-27(20(12)52-36)31(47)39-22(14(3)4)34-42-25(18(10)50-34)29(45)37-21/h13-28H,1-12H3,(H,37,45)(H,38,46)(H,39,47)(H,40,48)/t17-,18-,19-,20-,21-,22-,23-,24-,25+,26+,27+,28+/m0/s1. The van der Waals surface area contributed by atoms with Crippen LogP contribution in [0.3, 0.4) is 0 Å². The van der Waals surface area contributed by atoms with Gasteiger partial charge in [-0.15, -0.1) is 0 Å². The fourth-order valence-corrected chi connectivity index (χ4v) is 6.82.